The highest BCUT2D eigenvalue weighted by molar-refractivity contribution is 5.93. The molecule has 3 N–H and O–H groups in total. The van der Waals surface area contributed by atoms with E-state index >= 15 is 0 Å². The van der Waals surface area contributed by atoms with E-state index in [0.29, 0.717) is 17.1 Å². The van der Waals surface area contributed by atoms with Crippen LogP contribution >= 0.6 is 0 Å². The molecule has 21 heavy (non-hydrogen) atoms. The maximum Gasteiger partial charge on any atom is 0.322 e. The van der Waals surface area contributed by atoms with Gasteiger partial charge in [0, 0.05) is 11.1 Å². The van der Waals surface area contributed by atoms with Crippen LogP contribution in [0.3, 0.4) is 0 Å². The minimum atomic E-state index is -0.123. The molecule has 0 aliphatic heterocycles. The third-order valence-electron chi connectivity index (χ3n) is 2.88. The Kier molecular flexibility index (Phi) is 3.19. The van der Waals surface area contributed by atoms with E-state index in [1.165, 1.54) is 0 Å². The van der Waals surface area contributed by atoms with Crippen molar-refractivity contribution in [3.05, 3.63) is 54.0 Å². The fourth-order valence-electron chi connectivity index (χ4n) is 1.94. The zero-order valence-electron chi connectivity index (χ0n) is 11.4. The average molecular weight is 279 g/mol. The summed E-state index contributed by atoms with van der Waals surface area (Å²) in [5, 5.41) is 8.40. The van der Waals surface area contributed by atoms with Crippen LogP contribution in [0.1, 0.15) is 11.4 Å². The first-order valence-electron chi connectivity index (χ1n) is 6.34. The predicted octanol–water partition coefficient (Wildman–Crippen LogP) is 2.41. The normalized spacial score (nSPS) is 10.5. The van der Waals surface area contributed by atoms with Crippen LogP contribution in [0.2, 0.25) is 0 Å². The van der Waals surface area contributed by atoms with Gasteiger partial charge in [0.05, 0.1) is 11.7 Å². The van der Waals surface area contributed by atoms with Gasteiger partial charge < -0.3 is 10.5 Å². The first-order valence-corrected chi connectivity index (χ1v) is 6.34. The van der Waals surface area contributed by atoms with Crippen molar-refractivity contribution in [2.45, 2.75) is 6.92 Å². The van der Waals surface area contributed by atoms with Gasteiger partial charge in [-0.3, -0.25) is 10.4 Å². The molecule has 104 valence electrons. The predicted molar refractivity (Wildman–Crippen MR) is 79.6 cm³/mol. The lowest BCUT2D eigenvalue weighted by Gasteiger charge is -2.07. The van der Waals surface area contributed by atoms with E-state index in [-0.39, 0.29) is 11.8 Å². The Bertz CT molecular complexity index is 831. The van der Waals surface area contributed by atoms with Gasteiger partial charge in [0.15, 0.2) is 0 Å². The van der Waals surface area contributed by atoms with Crippen molar-refractivity contribution in [1.82, 2.24) is 15.0 Å². The second-order valence-corrected chi connectivity index (χ2v) is 4.56. The fourth-order valence-corrected chi connectivity index (χ4v) is 1.94. The number of fused-ring (bicyclic) bond motifs is 1. The smallest absolute Gasteiger partial charge is 0.322 e. The number of nitrogens with one attached hydrogen (secondary N) is 1. The van der Waals surface area contributed by atoms with Crippen molar-refractivity contribution >= 4 is 16.7 Å². The summed E-state index contributed by atoms with van der Waals surface area (Å²) in [5.74, 6) is 0.413. The van der Waals surface area contributed by atoms with Crippen LogP contribution < -0.4 is 10.5 Å². The molecule has 0 radical (unpaired) electrons. The molecule has 0 bridgehead atoms. The number of aryl methyl sites for hydroxylation is 1. The van der Waals surface area contributed by atoms with E-state index in [0.717, 1.165) is 10.9 Å². The monoisotopic (exact) mass is 279 g/mol. The van der Waals surface area contributed by atoms with E-state index < -0.39 is 0 Å². The molecular weight excluding hydrogens is 266 g/mol. The summed E-state index contributed by atoms with van der Waals surface area (Å²) < 4.78 is 5.62. The van der Waals surface area contributed by atoms with E-state index in [1.807, 2.05) is 30.3 Å². The fraction of sp³-hybridized carbons (Fsp3) is 0.0667. The summed E-state index contributed by atoms with van der Waals surface area (Å²) in [6.45, 7) is 1.79. The number of para-hydroxylation sites is 1. The number of nitrogens with two attached hydrogens (primary N) is 1. The summed E-state index contributed by atoms with van der Waals surface area (Å²) in [6.07, 6.45) is 1.61. The second kappa shape index (κ2) is 5.16. The molecule has 3 aromatic rings. The maximum atomic E-state index is 7.44. The number of pyridine rings is 1. The van der Waals surface area contributed by atoms with Gasteiger partial charge in [-0.25, -0.2) is 4.98 Å². The maximum absolute atomic E-state index is 7.44. The van der Waals surface area contributed by atoms with Gasteiger partial charge in [-0.05, 0) is 25.1 Å². The average Bonchev–Trinajstić information content (AvgIpc) is 2.46. The Morgan fingerprint density at radius 1 is 1.19 bits per heavy atom. The van der Waals surface area contributed by atoms with Gasteiger partial charge in [0.2, 0.25) is 0 Å². The molecule has 0 fully saturated rings. The molecular formula is C15H13N5O. The van der Waals surface area contributed by atoms with Crippen molar-refractivity contribution in [3.63, 3.8) is 0 Å². The SMILES string of the molecule is Cc1cc(C(=N)N)nc(Oc2cnc3ccccc3c2)n1. The zero-order valence-corrected chi connectivity index (χ0v) is 11.4. The first-order chi connectivity index (χ1) is 10.1. The number of hydrogen-bond acceptors (Lipinski definition) is 5. The highest BCUT2D eigenvalue weighted by atomic mass is 16.5. The zero-order chi connectivity index (χ0) is 14.8. The molecule has 6 heteroatoms. The van der Waals surface area contributed by atoms with Gasteiger partial charge in [0.25, 0.3) is 0 Å². The van der Waals surface area contributed by atoms with Crippen LogP contribution in [0.25, 0.3) is 10.9 Å². The van der Waals surface area contributed by atoms with E-state index in [9.17, 15) is 0 Å². The Balaban J connectivity index is 1.96. The van der Waals surface area contributed by atoms with Crippen LogP contribution in [0.5, 0.6) is 11.8 Å². The largest absolute Gasteiger partial charge is 0.423 e. The lowest BCUT2D eigenvalue weighted by Crippen LogP contribution is -2.14. The summed E-state index contributed by atoms with van der Waals surface area (Å²) in [5.41, 5.74) is 7.35. The van der Waals surface area contributed by atoms with Crippen molar-refractivity contribution in [3.8, 4) is 11.8 Å². The molecule has 1 aromatic carbocycles. The van der Waals surface area contributed by atoms with Crippen LogP contribution in [0, 0.1) is 12.3 Å². The highest BCUT2D eigenvalue weighted by Crippen LogP contribution is 2.22. The number of ether oxygens (including phenoxy) is 1. The number of benzene rings is 1. The van der Waals surface area contributed by atoms with Crippen LogP contribution in [-0.2, 0) is 0 Å². The molecule has 0 saturated carbocycles. The van der Waals surface area contributed by atoms with Gasteiger partial charge >= 0.3 is 6.01 Å². The summed E-state index contributed by atoms with van der Waals surface area (Å²) >= 11 is 0. The summed E-state index contributed by atoms with van der Waals surface area (Å²) in [7, 11) is 0. The molecule has 2 aromatic heterocycles. The van der Waals surface area contributed by atoms with Crippen molar-refractivity contribution in [2.24, 2.45) is 5.73 Å². The highest BCUT2D eigenvalue weighted by Gasteiger charge is 2.07. The molecule has 0 amide bonds. The Morgan fingerprint density at radius 2 is 2.00 bits per heavy atom. The Hall–Kier alpha value is -3.02. The third kappa shape index (κ3) is 2.79. The lowest BCUT2D eigenvalue weighted by molar-refractivity contribution is 0.439. The van der Waals surface area contributed by atoms with E-state index in [2.05, 4.69) is 15.0 Å². The van der Waals surface area contributed by atoms with Gasteiger partial charge in [0.1, 0.15) is 17.3 Å². The molecule has 3 rings (SSSR count). The molecule has 2 heterocycles. The topological polar surface area (TPSA) is 97.8 Å². The number of hydrogen-bond donors (Lipinski definition) is 2. The molecule has 0 saturated heterocycles. The van der Waals surface area contributed by atoms with E-state index in [1.54, 1.807) is 19.2 Å². The Morgan fingerprint density at radius 3 is 2.81 bits per heavy atom. The van der Waals surface area contributed by atoms with Gasteiger partial charge in [-0.1, -0.05) is 18.2 Å². The van der Waals surface area contributed by atoms with Gasteiger partial charge in [-0.15, -0.1) is 0 Å². The van der Waals surface area contributed by atoms with Crippen molar-refractivity contribution < 1.29 is 4.74 Å². The standard InChI is InChI=1S/C15H13N5O/c1-9-6-13(14(16)17)20-15(19-9)21-11-7-10-4-2-3-5-12(10)18-8-11/h2-8H,1H3,(H3,16,17). The number of nitrogens with zero attached hydrogens (tertiary/aromatic N) is 3. The van der Waals surface area contributed by atoms with Crippen molar-refractivity contribution in [1.29, 1.82) is 5.41 Å². The molecule has 0 aliphatic rings. The Labute approximate surface area is 121 Å². The quantitative estimate of drug-likeness (QED) is 0.566. The molecule has 6 nitrogen and oxygen atoms in total. The number of amidine groups is 1. The van der Waals surface area contributed by atoms with Crippen molar-refractivity contribution in [2.75, 3.05) is 0 Å². The minimum Gasteiger partial charge on any atom is -0.423 e. The van der Waals surface area contributed by atoms with Crippen LogP contribution in [-0.4, -0.2) is 20.8 Å². The van der Waals surface area contributed by atoms with E-state index in [4.69, 9.17) is 15.9 Å². The number of rotatable bonds is 3. The summed E-state index contributed by atoms with van der Waals surface area (Å²) in [4.78, 5) is 12.6. The van der Waals surface area contributed by atoms with Crippen LogP contribution in [0.15, 0.2) is 42.6 Å². The lowest BCUT2D eigenvalue weighted by atomic mass is 10.2. The minimum absolute atomic E-state index is 0.123. The van der Waals surface area contributed by atoms with Crippen LogP contribution in [0.4, 0.5) is 0 Å². The number of aromatic nitrogens is 3. The van der Waals surface area contributed by atoms with Gasteiger partial charge in [-0.2, -0.15) is 4.98 Å². The third-order valence-corrected chi connectivity index (χ3v) is 2.88. The number of nitrogen functional groups attached to an aromatic ring is 1. The molecule has 0 spiro atoms. The molecule has 0 atom stereocenters. The first kappa shape index (κ1) is 13.0. The summed E-state index contributed by atoms with van der Waals surface area (Å²) in [6, 6.07) is 11.4. The second-order valence-electron chi connectivity index (χ2n) is 4.56. The molecule has 0 aliphatic carbocycles. The molecule has 0 unspecified atom stereocenters.